The van der Waals surface area contributed by atoms with E-state index in [0.717, 1.165) is 152 Å². The lowest BCUT2D eigenvalue weighted by atomic mass is 9.86. The van der Waals surface area contributed by atoms with Gasteiger partial charge >= 0.3 is 18.3 Å². The molecule has 9 aromatic carbocycles. The Bertz CT molecular complexity index is 6500. The van der Waals surface area contributed by atoms with Crippen LogP contribution in [0.1, 0.15) is 220 Å². The van der Waals surface area contributed by atoms with Crippen molar-refractivity contribution in [2.75, 3.05) is 28.3 Å². The fourth-order valence-electron chi connectivity index (χ4n) is 21.8. The molecule has 766 valence electrons. The Hall–Kier alpha value is -15.2. The molecule has 7 heterocycles. The van der Waals surface area contributed by atoms with E-state index in [9.17, 15) is 57.5 Å². The number of amides is 11. The molecule has 3 aliphatic carbocycles. The van der Waals surface area contributed by atoms with Gasteiger partial charge < -0.3 is 75.6 Å². The number of hydrogen-bond donors (Lipinski definition) is 9. The smallest absolute Gasteiger partial charge is 0.410 e. The molecule has 30 nitrogen and oxygen atoms in total. The van der Waals surface area contributed by atoms with Crippen LogP contribution in [0.25, 0.3) is 32.7 Å². The molecular formula is C117H132N14O16. The van der Waals surface area contributed by atoms with E-state index in [0.29, 0.717) is 38.5 Å². The topological polar surface area (TPSA) is 378 Å². The van der Waals surface area contributed by atoms with Gasteiger partial charge in [-0.25, -0.2) is 14.4 Å². The number of benzene rings is 9. The molecule has 4 aliphatic heterocycles. The minimum absolute atomic E-state index is 0.0622. The predicted octanol–water partition coefficient (Wildman–Crippen LogP) is 16.6. The van der Waals surface area contributed by atoms with Gasteiger partial charge in [-0.2, -0.15) is 0 Å². The fraction of sp³-hybridized carbons (Fsp3) is 0.385. The number of carbonyl (C=O) groups excluding carboxylic acids is 12. The first-order valence-corrected chi connectivity index (χ1v) is 51.5. The van der Waals surface area contributed by atoms with Crippen molar-refractivity contribution in [3.8, 4) is 0 Å². The van der Waals surface area contributed by atoms with Crippen molar-refractivity contribution >= 4 is 104 Å². The largest absolute Gasteiger partial charge is 0.445 e. The zero-order chi connectivity index (χ0) is 103. The third-order valence-electron chi connectivity index (χ3n) is 30.7. The minimum atomic E-state index is -0.946. The lowest BCUT2D eigenvalue weighted by molar-refractivity contribution is -0.143. The van der Waals surface area contributed by atoms with Crippen LogP contribution in [-0.2, 0) is 120 Å². The molecule has 19 rings (SSSR count). The number of aromatic nitrogens is 3. The number of rotatable bonds is 30. The van der Waals surface area contributed by atoms with Crippen LogP contribution in [0.4, 0.5) is 14.4 Å². The predicted molar refractivity (Wildman–Crippen MR) is 558 cm³/mol. The highest BCUT2D eigenvalue weighted by Gasteiger charge is 2.51. The van der Waals surface area contributed by atoms with Gasteiger partial charge in [0.25, 0.3) is 0 Å². The molecule has 15 atom stereocenters. The number of H-pyrrole nitrogens is 3. The summed E-state index contributed by atoms with van der Waals surface area (Å²) < 4.78 is 21.8. The average molecular weight is 1990 g/mol. The molecule has 9 N–H and O–H groups in total. The lowest BCUT2D eigenvalue weighted by Gasteiger charge is -2.33. The maximum atomic E-state index is 14.5. The average Bonchev–Trinajstić information content (AvgIpc) is 1.59. The highest BCUT2D eigenvalue weighted by molar-refractivity contribution is 6.00. The van der Waals surface area contributed by atoms with Crippen LogP contribution in [0.5, 0.6) is 0 Å². The minimum Gasteiger partial charge on any atom is -0.445 e. The highest BCUT2D eigenvalue weighted by Crippen LogP contribution is 2.46. The first-order chi connectivity index (χ1) is 71.2. The summed E-state index contributed by atoms with van der Waals surface area (Å²) in [5.41, 5.74) is 17.0. The van der Waals surface area contributed by atoms with Crippen molar-refractivity contribution in [3.05, 3.63) is 321 Å². The van der Waals surface area contributed by atoms with E-state index in [2.05, 4.69) is 83.3 Å². The normalized spacial score (nSPS) is 20.1. The molecule has 2 saturated heterocycles. The Labute approximate surface area is 856 Å². The SMILES string of the molecule is COC(C)CCC(CC(=O)[C@H](Cc1c[nH]c2ccccc12)NC(=O)[C@H](C)N(C)C(=O)OCc1ccccc1)C(=O)NC1CCCc2ccccc21.C[C@@H](C(=O)N[C@H]1Cc2c([nH]c3ccccc23)[C@H]2CC[C@@H](C(=O)N[C@@H]3CCCc4ccccc43)N2C1=O)N(C)C(=O)OCc1ccccc1.C[C@@H](C(=O)N[C@H]1Cc2c([nH]c3ccccc23)[C@H]2CC[C@H](C(=O)N[C@@H]3CCCc4ccccc43)N2C1=O)N(C)C(=O)OCc1ccccc1. The molecule has 0 radical (unpaired) electrons. The van der Waals surface area contributed by atoms with E-state index in [1.165, 1.54) is 52.5 Å². The number of aromatic amines is 3. The van der Waals surface area contributed by atoms with Crippen LogP contribution in [0.2, 0.25) is 0 Å². The molecule has 3 unspecified atom stereocenters. The molecule has 12 aromatic rings. The van der Waals surface area contributed by atoms with E-state index in [-0.39, 0.29) is 117 Å². The van der Waals surface area contributed by atoms with Crippen molar-refractivity contribution in [1.82, 2.24) is 71.4 Å². The van der Waals surface area contributed by atoms with Crippen LogP contribution in [0.15, 0.2) is 243 Å². The van der Waals surface area contributed by atoms with Gasteiger partial charge in [0, 0.05) is 110 Å². The summed E-state index contributed by atoms with van der Waals surface area (Å²) in [5.74, 6) is -3.48. The number of likely N-dealkylation sites (N-methyl/N-ethyl adjacent to an activating group) is 3. The number of ether oxygens (including phenoxy) is 4. The number of carbonyl (C=O) groups is 12. The molecule has 0 saturated carbocycles. The van der Waals surface area contributed by atoms with Gasteiger partial charge in [-0.15, -0.1) is 0 Å². The molecule has 147 heavy (non-hydrogen) atoms. The second-order valence-corrected chi connectivity index (χ2v) is 39.9. The molecule has 30 heteroatoms. The van der Waals surface area contributed by atoms with Crippen LogP contribution >= 0.6 is 0 Å². The summed E-state index contributed by atoms with van der Waals surface area (Å²) in [6.45, 7) is 6.97. The summed E-state index contributed by atoms with van der Waals surface area (Å²) in [6.07, 6.45) is 12.2. The Balaban J connectivity index is 0.000000151. The molecule has 7 aliphatic rings. The number of Topliss-reactive ketones (excluding diaryl/α,β-unsaturated/α-hetero) is 1. The van der Waals surface area contributed by atoms with Crippen molar-refractivity contribution in [3.63, 3.8) is 0 Å². The van der Waals surface area contributed by atoms with Crippen LogP contribution in [0, 0.1) is 5.92 Å². The fourth-order valence-corrected chi connectivity index (χ4v) is 21.8. The van der Waals surface area contributed by atoms with Crippen molar-refractivity contribution in [2.24, 2.45) is 5.92 Å². The van der Waals surface area contributed by atoms with Gasteiger partial charge in [0.15, 0.2) is 5.78 Å². The van der Waals surface area contributed by atoms with Gasteiger partial charge in [-0.1, -0.05) is 218 Å². The highest BCUT2D eigenvalue weighted by atomic mass is 16.6. The van der Waals surface area contributed by atoms with Crippen LogP contribution in [-0.4, -0.2) is 193 Å². The zero-order valence-electron chi connectivity index (χ0n) is 84.6. The Kier molecular flexibility index (Phi) is 33.2. The van der Waals surface area contributed by atoms with Crippen molar-refractivity contribution in [1.29, 1.82) is 0 Å². The number of nitrogens with zero attached hydrogens (tertiary/aromatic N) is 5. The molecule has 0 spiro atoms. The number of para-hydroxylation sites is 3. The van der Waals surface area contributed by atoms with Gasteiger partial charge in [-0.05, 0) is 209 Å². The molecule has 11 amide bonds. The number of fused-ring (bicyclic) bond motifs is 14. The second-order valence-electron chi connectivity index (χ2n) is 39.9. The van der Waals surface area contributed by atoms with Crippen LogP contribution < -0.4 is 31.9 Å². The third-order valence-corrected chi connectivity index (χ3v) is 30.7. The summed E-state index contributed by atoms with van der Waals surface area (Å²) in [5, 5.41) is 21.6. The summed E-state index contributed by atoms with van der Waals surface area (Å²) in [6, 6.07) is 68.2. The quantitative estimate of drug-likeness (QED) is 0.0189. The van der Waals surface area contributed by atoms with Gasteiger partial charge in [-0.3, -0.25) is 57.9 Å². The van der Waals surface area contributed by atoms with E-state index < -0.39 is 90.3 Å². The standard InChI is InChI=1S/C41H50N4O6.2C38H41N5O5/c1-27(50-4)21-22-31(40(48)43-36-20-12-16-30-15-8-9-17-33(30)36)24-38(46)37(23-32-25-42-35-19-11-10-18-34(32)35)44-39(47)28(2)45(3)41(49)51-26-29-13-6-5-7-14-29;2*1-23(42(2)38(47)48-22-24-11-4-3-5-12-24)35(44)41-31-21-28-27-16-8-9-17-30(27)39-34(28)32-19-20-33(43(32)37(31)46)36(45)40-29-18-10-14-25-13-6-7-15-26(25)29/h5-11,13-15,17-19,25,27-28,31,36-37,42H,12,16,20-24,26H2,1-4H3,(H,43,48)(H,44,47);2*3-9,11-13,15-17,23,29,31-33,39H,10,14,18-22H2,1-2H3,(H,40,45)(H,41,44)/t27?,28-,31?,36?,37-;23-,29+,31-,32+,33+;23-,29+,31-,32+,33-/m000/s1. The number of hydrogen-bond acceptors (Lipinski definition) is 16. The lowest BCUT2D eigenvalue weighted by Crippen LogP contribution is -2.56. The van der Waals surface area contributed by atoms with Crippen molar-refractivity contribution in [2.45, 2.75) is 254 Å². The summed E-state index contributed by atoms with van der Waals surface area (Å²) >= 11 is 0. The molecular weight excluding hydrogens is 1860 g/mol. The summed E-state index contributed by atoms with van der Waals surface area (Å²) in [4.78, 5) is 182. The number of aryl methyl sites for hydroxylation is 3. The Morgan fingerprint density at radius 1 is 0.395 bits per heavy atom. The first kappa shape index (κ1) is 103. The first-order valence-electron chi connectivity index (χ1n) is 51.5. The van der Waals surface area contributed by atoms with Gasteiger partial charge in [0.1, 0.15) is 62.1 Å². The van der Waals surface area contributed by atoms with Crippen LogP contribution in [0.3, 0.4) is 0 Å². The van der Waals surface area contributed by atoms with Gasteiger partial charge in [0.2, 0.25) is 47.3 Å². The van der Waals surface area contributed by atoms with Gasteiger partial charge in [0.05, 0.1) is 42.4 Å². The maximum Gasteiger partial charge on any atom is 0.410 e. The zero-order valence-corrected chi connectivity index (χ0v) is 84.6. The third kappa shape index (κ3) is 23.8. The summed E-state index contributed by atoms with van der Waals surface area (Å²) in [7, 11) is 6.14. The van der Waals surface area contributed by atoms with E-state index in [1.807, 2.05) is 213 Å². The monoisotopic (exact) mass is 1990 g/mol. The molecule has 2 fully saturated rings. The van der Waals surface area contributed by atoms with E-state index >= 15 is 0 Å². The van der Waals surface area contributed by atoms with Crippen molar-refractivity contribution < 1.29 is 76.5 Å². The maximum absolute atomic E-state index is 14.5. The Morgan fingerprint density at radius 2 is 0.755 bits per heavy atom. The van der Waals surface area contributed by atoms with E-state index in [1.54, 1.807) is 37.7 Å². The number of ketones is 1. The second kappa shape index (κ2) is 47.3. The molecule has 3 aromatic heterocycles. The Morgan fingerprint density at radius 3 is 1.17 bits per heavy atom. The number of nitrogens with one attached hydrogen (secondary N) is 9. The van der Waals surface area contributed by atoms with E-state index in [4.69, 9.17) is 18.9 Å². The number of methoxy groups -OCH3 is 1. The molecule has 0 bridgehead atoms.